The first-order valence-corrected chi connectivity index (χ1v) is 17.6. The molecule has 0 aliphatic heterocycles. The number of aliphatic hydroxyl groups excluding tert-OH is 1. The van der Waals surface area contributed by atoms with Crippen molar-refractivity contribution in [3.8, 4) is 5.75 Å². The number of aromatic hydroxyl groups is 1. The van der Waals surface area contributed by atoms with Crippen LogP contribution in [0.15, 0.2) is 66.8 Å². The number of aryl methyl sites for hydroxylation is 1. The molecule has 4 nitrogen and oxygen atoms in total. The minimum atomic E-state index is -0.726. The molecule has 0 amide bonds. The van der Waals surface area contributed by atoms with E-state index in [1.54, 1.807) is 0 Å². The van der Waals surface area contributed by atoms with Gasteiger partial charge in [-0.25, -0.2) is 0 Å². The fourth-order valence-corrected chi connectivity index (χ4v) is 9.54. The summed E-state index contributed by atoms with van der Waals surface area (Å²) in [6, 6.07) is 14.8. The van der Waals surface area contributed by atoms with Crippen LogP contribution in [0.25, 0.3) is 0 Å². The SMILES string of the molecule is O=C(O)[C@H]1C/C=C/C[C@H](CCCCCC[C@@H]2C=CCC2)[C@@H](c2ccc(O)cc2)Cc2ccc3c(c2)[C@@]12C[C@H](O)CC[C@@H]2CC3. The summed E-state index contributed by atoms with van der Waals surface area (Å²) in [4.78, 5) is 13.0. The molecule has 0 aromatic heterocycles. The number of carboxylic acid groups (broad SMARTS) is 1. The Balaban J connectivity index is 1.30. The van der Waals surface area contributed by atoms with E-state index >= 15 is 0 Å². The van der Waals surface area contributed by atoms with Gasteiger partial charge in [-0.15, -0.1) is 0 Å². The number of benzene rings is 2. The predicted octanol–water partition coefficient (Wildman–Crippen LogP) is 9.04. The lowest BCUT2D eigenvalue weighted by atomic mass is 9.51. The molecule has 6 rings (SSSR count). The molecule has 1 fully saturated rings. The van der Waals surface area contributed by atoms with Gasteiger partial charge in [0.2, 0.25) is 0 Å². The van der Waals surface area contributed by atoms with E-state index in [9.17, 15) is 20.1 Å². The third-order valence-electron chi connectivity index (χ3n) is 11.8. The number of fused-ring (bicyclic) bond motifs is 1. The van der Waals surface area contributed by atoms with Gasteiger partial charge in [0.05, 0.1) is 12.0 Å². The van der Waals surface area contributed by atoms with Gasteiger partial charge in [0.15, 0.2) is 0 Å². The van der Waals surface area contributed by atoms with Crippen molar-refractivity contribution >= 4 is 5.97 Å². The fraction of sp³-hybridized carbons (Fsp3) is 0.575. The van der Waals surface area contributed by atoms with Crippen molar-refractivity contribution in [3.05, 3.63) is 89.0 Å². The Morgan fingerprint density at radius 2 is 1.66 bits per heavy atom. The van der Waals surface area contributed by atoms with Crippen LogP contribution in [0.2, 0.25) is 0 Å². The van der Waals surface area contributed by atoms with Crippen LogP contribution in [0, 0.1) is 23.7 Å². The summed E-state index contributed by atoms with van der Waals surface area (Å²) in [6.45, 7) is 0. The number of rotatable bonds is 9. The van der Waals surface area contributed by atoms with Crippen molar-refractivity contribution in [2.45, 2.75) is 120 Å². The molecule has 236 valence electrons. The van der Waals surface area contributed by atoms with Crippen molar-refractivity contribution in [2.24, 2.45) is 23.7 Å². The number of unbranched alkanes of at least 4 members (excludes halogenated alkanes) is 3. The maximum absolute atomic E-state index is 13.0. The molecule has 4 heteroatoms. The average Bonchev–Trinajstić information content (AvgIpc) is 3.54. The van der Waals surface area contributed by atoms with E-state index in [2.05, 4.69) is 54.6 Å². The summed E-state index contributed by atoms with van der Waals surface area (Å²) in [5.74, 6) is 0.866. The number of aliphatic carboxylic acids is 1. The zero-order valence-electron chi connectivity index (χ0n) is 26.4. The molecule has 0 saturated heterocycles. The molecule has 0 unspecified atom stereocenters. The zero-order chi connectivity index (χ0) is 30.5. The lowest BCUT2D eigenvalue weighted by molar-refractivity contribution is -0.147. The summed E-state index contributed by atoms with van der Waals surface area (Å²) in [5.41, 5.74) is 4.48. The summed E-state index contributed by atoms with van der Waals surface area (Å²) in [5, 5.41) is 31.8. The number of carbonyl (C=O) groups is 1. The van der Waals surface area contributed by atoms with E-state index in [0.717, 1.165) is 50.9 Å². The molecule has 0 heterocycles. The van der Waals surface area contributed by atoms with E-state index in [1.165, 1.54) is 67.2 Å². The number of hydrogen-bond acceptors (Lipinski definition) is 3. The van der Waals surface area contributed by atoms with Gasteiger partial charge in [0, 0.05) is 5.41 Å². The van der Waals surface area contributed by atoms with Crippen LogP contribution in [0.5, 0.6) is 5.75 Å². The van der Waals surface area contributed by atoms with Gasteiger partial charge in [-0.3, -0.25) is 4.79 Å². The van der Waals surface area contributed by atoms with E-state index in [-0.39, 0.29) is 5.92 Å². The normalized spacial score (nSPS) is 32.3. The third kappa shape index (κ3) is 6.71. The number of aliphatic hydroxyl groups is 1. The van der Waals surface area contributed by atoms with Crippen molar-refractivity contribution in [1.82, 2.24) is 0 Å². The molecule has 1 spiro atoms. The second-order valence-corrected chi connectivity index (χ2v) is 14.5. The van der Waals surface area contributed by atoms with Crippen molar-refractivity contribution in [2.75, 3.05) is 0 Å². The quantitative estimate of drug-likeness (QED) is 0.199. The van der Waals surface area contributed by atoms with E-state index in [0.29, 0.717) is 30.4 Å². The molecule has 2 aromatic rings. The minimum Gasteiger partial charge on any atom is -0.508 e. The Bertz CT molecular complexity index is 1330. The monoisotopic (exact) mass is 596 g/mol. The van der Waals surface area contributed by atoms with Gasteiger partial charge in [-0.05, 0) is 135 Å². The van der Waals surface area contributed by atoms with E-state index < -0.39 is 23.4 Å². The number of carboxylic acids is 1. The molecule has 3 N–H and O–H groups in total. The second kappa shape index (κ2) is 14.1. The maximum atomic E-state index is 13.0. The number of phenols is 1. The molecule has 1 saturated carbocycles. The van der Waals surface area contributed by atoms with Crippen LogP contribution in [-0.2, 0) is 23.1 Å². The largest absolute Gasteiger partial charge is 0.508 e. The summed E-state index contributed by atoms with van der Waals surface area (Å²) >= 11 is 0. The number of phenolic OH excluding ortho intramolecular Hbond substituents is 1. The van der Waals surface area contributed by atoms with Gasteiger partial charge < -0.3 is 15.3 Å². The van der Waals surface area contributed by atoms with E-state index in [4.69, 9.17) is 0 Å². The third-order valence-corrected chi connectivity index (χ3v) is 11.8. The molecule has 4 aliphatic rings. The molecule has 2 aromatic carbocycles. The minimum absolute atomic E-state index is 0.288. The number of hydrogen-bond donors (Lipinski definition) is 3. The van der Waals surface area contributed by atoms with Crippen LogP contribution in [-0.4, -0.2) is 27.4 Å². The van der Waals surface area contributed by atoms with Gasteiger partial charge in [-0.1, -0.05) is 80.3 Å². The maximum Gasteiger partial charge on any atom is 0.307 e. The zero-order valence-corrected chi connectivity index (χ0v) is 26.4. The van der Waals surface area contributed by atoms with Gasteiger partial charge in [-0.2, -0.15) is 0 Å². The topological polar surface area (TPSA) is 77.8 Å². The Morgan fingerprint density at radius 3 is 2.43 bits per heavy atom. The van der Waals surface area contributed by atoms with Gasteiger partial charge in [0.1, 0.15) is 5.75 Å². The number of allylic oxidation sites excluding steroid dienone is 4. The van der Waals surface area contributed by atoms with Crippen molar-refractivity contribution in [3.63, 3.8) is 0 Å². The van der Waals surface area contributed by atoms with E-state index in [1.807, 2.05) is 12.1 Å². The molecule has 2 bridgehead atoms. The Labute approximate surface area is 264 Å². The highest BCUT2D eigenvalue weighted by Crippen LogP contribution is 2.56. The van der Waals surface area contributed by atoms with Crippen LogP contribution in [0.3, 0.4) is 0 Å². The Hall–Kier alpha value is -2.85. The highest BCUT2D eigenvalue weighted by molar-refractivity contribution is 5.73. The van der Waals surface area contributed by atoms with Crippen LogP contribution in [0.4, 0.5) is 0 Å². The molecular weight excluding hydrogens is 544 g/mol. The molecule has 0 radical (unpaired) electrons. The average molecular weight is 597 g/mol. The van der Waals surface area contributed by atoms with Gasteiger partial charge >= 0.3 is 5.97 Å². The van der Waals surface area contributed by atoms with Crippen LogP contribution in [0.1, 0.15) is 118 Å². The predicted molar refractivity (Wildman–Crippen MR) is 177 cm³/mol. The molecule has 44 heavy (non-hydrogen) atoms. The second-order valence-electron chi connectivity index (χ2n) is 14.5. The van der Waals surface area contributed by atoms with Gasteiger partial charge in [0.25, 0.3) is 0 Å². The molecular formula is C40H52O4. The summed E-state index contributed by atoms with van der Waals surface area (Å²) in [6.07, 6.45) is 25.3. The highest BCUT2D eigenvalue weighted by Gasteiger charge is 2.54. The van der Waals surface area contributed by atoms with Crippen molar-refractivity contribution < 1.29 is 20.1 Å². The first-order chi connectivity index (χ1) is 21.4. The fourth-order valence-electron chi connectivity index (χ4n) is 9.54. The van der Waals surface area contributed by atoms with Crippen molar-refractivity contribution in [1.29, 1.82) is 0 Å². The van der Waals surface area contributed by atoms with Crippen LogP contribution >= 0.6 is 0 Å². The summed E-state index contributed by atoms with van der Waals surface area (Å²) < 4.78 is 0. The Morgan fingerprint density at radius 1 is 0.864 bits per heavy atom. The first-order valence-electron chi connectivity index (χ1n) is 17.6. The molecule has 7 atom stereocenters. The Kier molecular flexibility index (Phi) is 9.95. The lowest BCUT2D eigenvalue weighted by Gasteiger charge is -2.53. The lowest BCUT2D eigenvalue weighted by Crippen LogP contribution is -2.53. The molecule has 4 aliphatic carbocycles. The smallest absolute Gasteiger partial charge is 0.307 e. The highest BCUT2D eigenvalue weighted by atomic mass is 16.4. The van der Waals surface area contributed by atoms with Crippen LogP contribution < -0.4 is 0 Å². The standard InChI is InChI=1S/C40H52O4/c41-34-22-18-31(19-23-34)36-25-29-15-16-32-17-20-33-21-24-35(42)27-40(33,38(32)26-29)37(39(43)44)14-8-7-13-30(36)12-4-2-1-3-9-28-10-5-6-11-28/h5,7-8,10,15-16,18-19,22-23,26,28,30,33,35-37,41-42H,1-4,6,9,11-14,17,20-21,24-25,27H2,(H,43,44)/b8-7+/t28-,30+,33+,35-,36+,37-,40-/m1/s1. The first kappa shape index (κ1) is 31.1. The summed E-state index contributed by atoms with van der Waals surface area (Å²) in [7, 11) is 0.